The van der Waals surface area contributed by atoms with Crippen molar-refractivity contribution in [1.29, 1.82) is 0 Å². The topological polar surface area (TPSA) is 64.5 Å². The van der Waals surface area contributed by atoms with Crippen LogP contribution in [-0.4, -0.2) is 37.4 Å². The van der Waals surface area contributed by atoms with Crippen molar-refractivity contribution in [2.45, 2.75) is 10.1 Å². The van der Waals surface area contributed by atoms with E-state index in [9.17, 15) is 0 Å². The van der Waals surface area contributed by atoms with E-state index in [0.717, 1.165) is 22.9 Å². The molecule has 1 aliphatic rings. The molecule has 1 atom stereocenters. The van der Waals surface area contributed by atoms with Crippen molar-refractivity contribution >= 4 is 23.1 Å². The second-order valence-electron chi connectivity index (χ2n) is 4.22. The number of fused-ring (bicyclic) bond motifs is 1. The molecule has 16 heavy (non-hydrogen) atoms. The van der Waals surface area contributed by atoms with Gasteiger partial charge in [0.05, 0.1) is 15.8 Å². The Kier molecular flexibility index (Phi) is 3.16. The van der Waals surface area contributed by atoms with Crippen molar-refractivity contribution in [2.75, 3.05) is 38.7 Å². The fourth-order valence-corrected chi connectivity index (χ4v) is 3.07. The molecule has 1 aliphatic heterocycles. The molecule has 1 aromatic rings. The van der Waals surface area contributed by atoms with Gasteiger partial charge in [0.1, 0.15) is 6.61 Å². The number of rotatable bonds is 2. The summed E-state index contributed by atoms with van der Waals surface area (Å²) in [7, 11) is 4.11. The minimum Gasteiger partial charge on any atom is -0.489 e. The SMILES string of the molecule is CN(C)CC1COc2c(N)ccc(N)c2S1. The summed E-state index contributed by atoms with van der Waals surface area (Å²) in [6.45, 7) is 1.65. The van der Waals surface area contributed by atoms with E-state index in [4.69, 9.17) is 16.2 Å². The number of nitrogens with two attached hydrogens (primary N) is 2. The largest absolute Gasteiger partial charge is 0.489 e. The predicted octanol–water partition coefficient (Wildman–Crippen LogP) is 1.27. The van der Waals surface area contributed by atoms with Gasteiger partial charge < -0.3 is 21.1 Å². The van der Waals surface area contributed by atoms with Gasteiger partial charge in [0.15, 0.2) is 5.75 Å². The lowest BCUT2D eigenvalue weighted by Gasteiger charge is -2.28. The minimum atomic E-state index is 0.409. The van der Waals surface area contributed by atoms with E-state index in [1.54, 1.807) is 17.8 Å². The zero-order chi connectivity index (χ0) is 11.7. The lowest BCUT2D eigenvalue weighted by Crippen LogP contribution is -2.31. The molecule has 0 aliphatic carbocycles. The fourth-order valence-electron chi connectivity index (χ4n) is 1.74. The minimum absolute atomic E-state index is 0.409. The number of nitrogen functional groups attached to an aromatic ring is 2. The van der Waals surface area contributed by atoms with Gasteiger partial charge in [0.2, 0.25) is 0 Å². The maximum absolute atomic E-state index is 5.93. The van der Waals surface area contributed by atoms with E-state index in [1.807, 2.05) is 6.07 Å². The van der Waals surface area contributed by atoms with Crippen molar-refractivity contribution in [2.24, 2.45) is 0 Å². The Bertz CT molecular complexity index is 395. The highest BCUT2D eigenvalue weighted by Crippen LogP contribution is 2.44. The number of anilines is 2. The number of ether oxygens (including phenoxy) is 1. The zero-order valence-corrected chi connectivity index (χ0v) is 10.4. The van der Waals surface area contributed by atoms with Crippen LogP contribution in [0.15, 0.2) is 17.0 Å². The van der Waals surface area contributed by atoms with E-state index < -0.39 is 0 Å². The summed E-state index contributed by atoms with van der Waals surface area (Å²) in [5, 5.41) is 0.409. The molecule has 1 unspecified atom stereocenters. The molecule has 0 bridgehead atoms. The van der Waals surface area contributed by atoms with E-state index >= 15 is 0 Å². The van der Waals surface area contributed by atoms with Gasteiger partial charge in [-0.15, -0.1) is 11.8 Å². The summed E-state index contributed by atoms with van der Waals surface area (Å²) in [4.78, 5) is 3.13. The van der Waals surface area contributed by atoms with Gasteiger partial charge in [0, 0.05) is 12.2 Å². The lowest BCUT2D eigenvalue weighted by molar-refractivity contribution is 0.278. The van der Waals surface area contributed by atoms with E-state index in [-0.39, 0.29) is 0 Å². The van der Waals surface area contributed by atoms with Crippen molar-refractivity contribution in [3.63, 3.8) is 0 Å². The van der Waals surface area contributed by atoms with E-state index in [0.29, 0.717) is 17.5 Å². The summed E-state index contributed by atoms with van der Waals surface area (Å²) in [5.74, 6) is 0.750. The third-order valence-corrected chi connectivity index (χ3v) is 3.72. The molecular formula is C11H17N3OS. The molecule has 0 aromatic heterocycles. The maximum atomic E-state index is 5.93. The second-order valence-corrected chi connectivity index (χ2v) is 5.53. The van der Waals surface area contributed by atoms with Crippen LogP contribution in [0, 0.1) is 0 Å². The summed E-state index contributed by atoms with van der Waals surface area (Å²) >= 11 is 1.75. The van der Waals surface area contributed by atoms with Crippen LogP contribution in [0.1, 0.15) is 0 Å². The first kappa shape index (κ1) is 11.4. The van der Waals surface area contributed by atoms with Crippen molar-refractivity contribution in [3.8, 4) is 5.75 Å². The van der Waals surface area contributed by atoms with Crippen LogP contribution in [0.5, 0.6) is 5.75 Å². The molecule has 2 rings (SSSR count). The highest BCUT2D eigenvalue weighted by atomic mass is 32.2. The third-order valence-electron chi connectivity index (χ3n) is 2.44. The van der Waals surface area contributed by atoms with Crippen LogP contribution in [0.4, 0.5) is 11.4 Å². The van der Waals surface area contributed by atoms with Gasteiger partial charge >= 0.3 is 0 Å². The van der Waals surface area contributed by atoms with Crippen LogP contribution < -0.4 is 16.2 Å². The zero-order valence-electron chi connectivity index (χ0n) is 9.56. The molecule has 0 radical (unpaired) electrons. The number of nitrogens with zero attached hydrogens (tertiary/aromatic N) is 1. The molecule has 4 nitrogen and oxygen atoms in total. The van der Waals surface area contributed by atoms with Crippen molar-refractivity contribution < 1.29 is 4.74 Å². The van der Waals surface area contributed by atoms with Crippen LogP contribution in [0.3, 0.4) is 0 Å². The summed E-state index contributed by atoms with van der Waals surface area (Å²) in [6, 6.07) is 3.63. The number of hydrogen-bond acceptors (Lipinski definition) is 5. The Morgan fingerprint density at radius 1 is 1.38 bits per heavy atom. The Morgan fingerprint density at radius 2 is 2.06 bits per heavy atom. The highest BCUT2D eigenvalue weighted by Gasteiger charge is 2.24. The van der Waals surface area contributed by atoms with Crippen molar-refractivity contribution in [3.05, 3.63) is 12.1 Å². The summed E-state index contributed by atoms with van der Waals surface area (Å²) < 4.78 is 5.70. The molecule has 4 N–H and O–H groups in total. The number of thioether (sulfide) groups is 1. The molecule has 5 heteroatoms. The average molecular weight is 239 g/mol. The van der Waals surface area contributed by atoms with Gasteiger partial charge in [-0.3, -0.25) is 0 Å². The Morgan fingerprint density at radius 3 is 2.75 bits per heavy atom. The van der Waals surface area contributed by atoms with Crippen LogP contribution in [0.25, 0.3) is 0 Å². The van der Waals surface area contributed by atoms with Crippen LogP contribution in [0.2, 0.25) is 0 Å². The third kappa shape index (κ3) is 2.20. The smallest absolute Gasteiger partial charge is 0.157 e. The first-order chi connectivity index (χ1) is 7.58. The fraction of sp³-hybridized carbons (Fsp3) is 0.455. The monoisotopic (exact) mass is 239 g/mol. The Balaban J connectivity index is 2.23. The molecule has 0 saturated heterocycles. The van der Waals surface area contributed by atoms with Gasteiger partial charge in [-0.05, 0) is 26.2 Å². The maximum Gasteiger partial charge on any atom is 0.157 e. The number of benzene rings is 1. The highest BCUT2D eigenvalue weighted by molar-refractivity contribution is 8.00. The molecule has 0 fully saturated rings. The molecule has 88 valence electrons. The molecular weight excluding hydrogens is 222 g/mol. The lowest BCUT2D eigenvalue weighted by atomic mass is 10.2. The molecule has 0 amide bonds. The standard InChI is InChI=1S/C11H17N3OS/c1-14(2)5-7-6-15-10-8(12)3-4-9(13)11(10)16-7/h3-4,7H,5-6,12-13H2,1-2H3. The first-order valence-electron chi connectivity index (χ1n) is 5.20. The van der Waals surface area contributed by atoms with Crippen LogP contribution in [-0.2, 0) is 0 Å². The first-order valence-corrected chi connectivity index (χ1v) is 6.08. The number of hydrogen-bond donors (Lipinski definition) is 2. The molecule has 1 heterocycles. The quantitative estimate of drug-likeness (QED) is 0.761. The van der Waals surface area contributed by atoms with Gasteiger partial charge in [-0.2, -0.15) is 0 Å². The Hall–Kier alpha value is -1.07. The van der Waals surface area contributed by atoms with Crippen LogP contribution >= 0.6 is 11.8 Å². The van der Waals surface area contributed by atoms with Gasteiger partial charge in [-0.1, -0.05) is 0 Å². The van der Waals surface area contributed by atoms with E-state index in [1.165, 1.54) is 0 Å². The summed E-state index contributed by atoms with van der Waals surface area (Å²) in [6.07, 6.45) is 0. The molecule has 0 spiro atoms. The second kappa shape index (κ2) is 4.43. The Labute approximate surface area is 99.9 Å². The summed E-state index contributed by atoms with van der Waals surface area (Å²) in [5.41, 5.74) is 13.2. The average Bonchev–Trinajstić information content (AvgIpc) is 2.23. The van der Waals surface area contributed by atoms with E-state index in [2.05, 4.69) is 19.0 Å². The molecule has 0 saturated carbocycles. The van der Waals surface area contributed by atoms with Gasteiger partial charge in [-0.25, -0.2) is 0 Å². The predicted molar refractivity (Wildman–Crippen MR) is 69.0 cm³/mol. The normalized spacial score (nSPS) is 19.3. The van der Waals surface area contributed by atoms with Crippen molar-refractivity contribution in [1.82, 2.24) is 4.90 Å². The van der Waals surface area contributed by atoms with Gasteiger partial charge in [0.25, 0.3) is 0 Å². The molecule has 1 aromatic carbocycles.